The van der Waals surface area contributed by atoms with Crippen LogP contribution in [-0.2, 0) is 11.2 Å². The third-order valence-corrected chi connectivity index (χ3v) is 2.24. The number of carbonyl (C=O) groups excluding carboxylic acids is 1. The summed E-state index contributed by atoms with van der Waals surface area (Å²) >= 11 is 0. The molecule has 0 amide bonds. The number of pyridine rings is 1. The van der Waals surface area contributed by atoms with Crippen molar-refractivity contribution in [2.45, 2.75) is 26.2 Å². The van der Waals surface area contributed by atoms with Gasteiger partial charge >= 0.3 is 0 Å². The van der Waals surface area contributed by atoms with Gasteiger partial charge in [-0.15, -0.1) is 0 Å². The molecule has 0 aliphatic rings. The molecule has 2 rings (SSSR count). The van der Waals surface area contributed by atoms with Gasteiger partial charge in [-0.1, -0.05) is 19.9 Å². The summed E-state index contributed by atoms with van der Waals surface area (Å²) in [5.41, 5.74) is 1.78. The number of rotatable bonds is 3. The number of aromatic nitrogens is 3. The summed E-state index contributed by atoms with van der Waals surface area (Å²) in [5.74, 6) is 1.15. The van der Waals surface area contributed by atoms with Crippen molar-refractivity contribution in [3.63, 3.8) is 0 Å². The Hall–Kier alpha value is -1.71. The van der Waals surface area contributed by atoms with Crippen LogP contribution in [0.25, 0.3) is 5.65 Å². The maximum atomic E-state index is 10.4. The van der Waals surface area contributed by atoms with Crippen molar-refractivity contribution in [1.82, 2.24) is 14.6 Å². The second-order valence-corrected chi connectivity index (χ2v) is 3.84. The van der Waals surface area contributed by atoms with Crippen molar-refractivity contribution >= 4 is 11.9 Å². The third-order valence-electron chi connectivity index (χ3n) is 2.24. The van der Waals surface area contributed by atoms with Crippen LogP contribution in [-0.4, -0.2) is 20.9 Å². The minimum absolute atomic E-state index is 0.319. The Morgan fingerprint density at radius 3 is 2.93 bits per heavy atom. The average Bonchev–Trinajstić information content (AvgIpc) is 2.61. The molecule has 0 saturated heterocycles. The molecule has 2 aromatic rings. The Morgan fingerprint density at radius 1 is 1.47 bits per heavy atom. The number of fused-ring (bicyclic) bond motifs is 1. The highest BCUT2D eigenvalue weighted by Gasteiger charge is 2.07. The van der Waals surface area contributed by atoms with E-state index in [4.69, 9.17) is 0 Å². The molecule has 0 atom stereocenters. The summed E-state index contributed by atoms with van der Waals surface area (Å²) in [6, 6.07) is 3.79. The summed E-state index contributed by atoms with van der Waals surface area (Å²) in [7, 11) is 0. The van der Waals surface area contributed by atoms with E-state index in [-0.39, 0.29) is 0 Å². The molecule has 0 unspecified atom stereocenters. The number of carbonyl (C=O) groups is 1. The maximum Gasteiger partial charge on any atom is 0.155 e. The van der Waals surface area contributed by atoms with Gasteiger partial charge in [0.1, 0.15) is 6.29 Å². The molecule has 0 spiro atoms. The van der Waals surface area contributed by atoms with E-state index in [1.165, 1.54) is 0 Å². The molecule has 0 bridgehead atoms. The van der Waals surface area contributed by atoms with Gasteiger partial charge in [0.25, 0.3) is 0 Å². The topological polar surface area (TPSA) is 47.3 Å². The lowest BCUT2D eigenvalue weighted by atomic mass is 10.2. The van der Waals surface area contributed by atoms with Crippen LogP contribution in [0.3, 0.4) is 0 Å². The molecule has 0 aliphatic carbocycles. The number of nitrogens with zero attached hydrogens (tertiary/aromatic N) is 3. The molecule has 0 N–H and O–H groups in total. The zero-order valence-corrected chi connectivity index (χ0v) is 8.84. The minimum atomic E-state index is 0.319. The lowest BCUT2D eigenvalue weighted by molar-refractivity contribution is -0.107. The monoisotopic (exact) mass is 203 g/mol. The smallest absolute Gasteiger partial charge is 0.155 e. The fourth-order valence-electron chi connectivity index (χ4n) is 1.40. The summed E-state index contributed by atoms with van der Waals surface area (Å²) in [6.07, 6.45) is 3.16. The quantitative estimate of drug-likeness (QED) is 0.712. The highest BCUT2D eigenvalue weighted by atomic mass is 16.1. The number of hydrogen-bond acceptors (Lipinski definition) is 3. The molecule has 0 aliphatic heterocycles. The van der Waals surface area contributed by atoms with Crippen molar-refractivity contribution in [3.05, 3.63) is 29.7 Å². The molecule has 0 fully saturated rings. The van der Waals surface area contributed by atoms with Gasteiger partial charge in [0.15, 0.2) is 11.5 Å². The molecule has 0 saturated carbocycles. The fourth-order valence-corrected chi connectivity index (χ4v) is 1.40. The zero-order chi connectivity index (χ0) is 10.8. The second-order valence-electron chi connectivity index (χ2n) is 3.84. The molecule has 4 heteroatoms. The highest BCUT2D eigenvalue weighted by molar-refractivity contribution is 5.55. The molecule has 15 heavy (non-hydrogen) atoms. The van der Waals surface area contributed by atoms with Crippen LogP contribution in [0.2, 0.25) is 0 Å². The predicted molar refractivity (Wildman–Crippen MR) is 56.8 cm³/mol. The molecule has 0 aromatic carbocycles. The van der Waals surface area contributed by atoms with Crippen LogP contribution in [0.5, 0.6) is 0 Å². The normalized spacial score (nSPS) is 11.1. The van der Waals surface area contributed by atoms with Crippen molar-refractivity contribution in [3.8, 4) is 0 Å². The van der Waals surface area contributed by atoms with Gasteiger partial charge in [-0.05, 0) is 11.6 Å². The molecule has 2 heterocycles. The third kappa shape index (κ3) is 1.88. The van der Waals surface area contributed by atoms with E-state index in [9.17, 15) is 4.79 Å². The summed E-state index contributed by atoms with van der Waals surface area (Å²) in [4.78, 5) is 14.8. The Labute approximate surface area is 87.9 Å². The van der Waals surface area contributed by atoms with Crippen LogP contribution in [0, 0.1) is 0 Å². The van der Waals surface area contributed by atoms with E-state index in [1.54, 1.807) is 4.52 Å². The molecule has 4 nitrogen and oxygen atoms in total. The van der Waals surface area contributed by atoms with Gasteiger partial charge in [-0.3, -0.25) is 0 Å². The molecular formula is C11H13N3O. The van der Waals surface area contributed by atoms with Crippen molar-refractivity contribution in [2.75, 3.05) is 0 Å². The maximum absolute atomic E-state index is 10.4. The highest BCUT2D eigenvalue weighted by Crippen LogP contribution is 2.11. The largest absolute Gasteiger partial charge is 0.303 e. The van der Waals surface area contributed by atoms with E-state index in [0.717, 1.165) is 23.3 Å². The van der Waals surface area contributed by atoms with Gasteiger partial charge in [-0.25, -0.2) is 9.50 Å². The first-order valence-electron chi connectivity index (χ1n) is 4.99. The lowest BCUT2D eigenvalue weighted by Crippen LogP contribution is -1.94. The van der Waals surface area contributed by atoms with Crippen molar-refractivity contribution in [2.24, 2.45) is 0 Å². The van der Waals surface area contributed by atoms with Crippen LogP contribution < -0.4 is 0 Å². The Balaban J connectivity index is 2.47. The average molecular weight is 203 g/mol. The zero-order valence-electron chi connectivity index (χ0n) is 8.84. The van der Waals surface area contributed by atoms with E-state index in [0.29, 0.717) is 12.3 Å². The Bertz CT molecular complexity index is 488. The van der Waals surface area contributed by atoms with Crippen LogP contribution in [0.1, 0.15) is 31.2 Å². The summed E-state index contributed by atoms with van der Waals surface area (Å²) in [5, 5.41) is 4.34. The van der Waals surface area contributed by atoms with Crippen molar-refractivity contribution < 1.29 is 4.79 Å². The number of aldehydes is 1. The molecule has 78 valence electrons. The van der Waals surface area contributed by atoms with E-state index >= 15 is 0 Å². The lowest BCUT2D eigenvalue weighted by Gasteiger charge is -1.95. The van der Waals surface area contributed by atoms with Gasteiger partial charge in [0.05, 0.1) is 0 Å². The van der Waals surface area contributed by atoms with E-state index < -0.39 is 0 Å². The molecule has 2 aromatic heterocycles. The predicted octanol–water partition coefficient (Wildman–Crippen LogP) is 1.59. The summed E-state index contributed by atoms with van der Waals surface area (Å²) < 4.78 is 1.73. The van der Waals surface area contributed by atoms with Crippen LogP contribution in [0.15, 0.2) is 18.3 Å². The first kappa shape index (κ1) is 9.83. The van der Waals surface area contributed by atoms with Crippen LogP contribution in [0.4, 0.5) is 0 Å². The van der Waals surface area contributed by atoms with Crippen LogP contribution >= 0.6 is 0 Å². The summed E-state index contributed by atoms with van der Waals surface area (Å²) in [6.45, 7) is 4.11. The Kier molecular flexibility index (Phi) is 2.49. The van der Waals surface area contributed by atoms with E-state index in [2.05, 4.69) is 23.9 Å². The van der Waals surface area contributed by atoms with Gasteiger partial charge in [0, 0.05) is 18.5 Å². The standard InChI is InChI=1S/C11H13N3O/c1-8(2)11-12-10-4-3-9(5-6-15)7-14(10)13-11/h3-4,6-8H,5H2,1-2H3. The molecule has 0 radical (unpaired) electrons. The van der Waals surface area contributed by atoms with Crippen molar-refractivity contribution in [1.29, 1.82) is 0 Å². The minimum Gasteiger partial charge on any atom is -0.303 e. The SMILES string of the molecule is CC(C)c1nc2ccc(CC=O)cn2n1. The first-order chi connectivity index (χ1) is 7.20. The van der Waals surface area contributed by atoms with Gasteiger partial charge in [-0.2, -0.15) is 5.10 Å². The second kappa shape index (κ2) is 3.81. The Morgan fingerprint density at radius 2 is 2.27 bits per heavy atom. The first-order valence-corrected chi connectivity index (χ1v) is 4.99. The molecular weight excluding hydrogens is 190 g/mol. The van der Waals surface area contributed by atoms with Gasteiger partial charge in [0.2, 0.25) is 0 Å². The van der Waals surface area contributed by atoms with E-state index in [1.807, 2.05) is 18.3 Å². The van der Waals surface area contributed by atoms with Gasteiger partial charge < -0.3 is 4.79 Å². The number of hydrogen-bond donors (Lipinski definition) is 0. The fraction of sp³-hybridized carbons (Fsp3) is 0.364.